The molecule has 0 saturated carbocycles. The van der Waals surface area contributed by atoms with E-state index in [4.69, 9.17) is 0 Å². The van der Waals surface area contributed by atoms with Gasteiger partial charge in [0, 0.05) is 12.1 Å². The monoisotopic (exact) mass is 346 g/mol. The molecule has 2 aromatic carbocycles. The number of nitrogens with one attached hydrogen (secondary N) is 2. The van der Waals surface area contributed by atoms with Crippen LogP contribution >= 0.6 is 0 Å². The van der Waals surface area contributed by atoms with Gasteiger partial charge < -0.3 is 31.1 Å². The van der Waals surface area contributed by atoms with Crippen LogP contribution in [0.5, 0.6) is 23.0 Å². The predicted molar refractivity (Wildman–Crippen MR) is 88.6 cm³/mol. The van der Waals surface area contributed by atoms with Gasteiger partial charge in [-0.05, 0) is 42.3 Å². The Labute approximate surface area is 143 Å². The van der Waals surface area contributed by atoms with Crippen LogP contribution in [-0.2, 0) is 11.2 Å². The number of rotatable bonds is 6. The van der Waals surface area contributed by atoms with Gasteiger partial charge in [0.15, 0.2) is 23.0 Å². The van der Waals surface area contributed by atoms with E-state index in [0.717, 1.165) is 11.6 Å². The van der Waals surface area contributed by atoms with Crippen LogP contribution in [0.15, 0.2) is 36.4 Å². The minimum atomic E-state index is -0.561. The summed E-state index contributed by atoms with van der Waals surface area (Å²) in [5.41, 5.74) is 0.849. The van der Waals surface area contributed by atoms with Gasteiger partial charge >= 0.3 is 0 Å². The lowest BCUT2D eigenvalue weighted by Crippen LogP contribution is -2.37. The van der Waals surface area contributed by atoms with Crippen LogP contribution in [-0.4, -0.2) is 45.3 Å². The van der Waals surface area contributed by atoms with Crippen molar-refractivity contribution in [3.8, 4) is 23.0 Å². The van der Waals surface area contributed by atoms with Gasteiger partial charge in [0.1, 0.15) is 0 Å². The Balaban J connectivity index is 1.75. The predicted octanol–water partition coefficient (Wildman–Crippen LogP) is 0.598. The zero-order valence-electron chi connectivity index (χ0n) is 13.2. The van der Waals surface area contributed by atoms with E-state index < -0.39 is 17.6 Å². The number of hydrogen-bond acceptors (Lipinski definition) is 6. The normalized spacial score (nSPS) is 10.2. The van der Waals surface area contributed by atoms with Gasteiger partial charge in [-0.2, -0.15) is 0 Å². The van der Waals surface area contributed by atoms with Crippen molar-refractivity contribution >= 4 is 11.8 Å². The van der Waals surface area contributed by atoms with Crippen LogP contribution in [0.3, 0.4) is 0 Å². The summed E-state index contributed by atoms with van der Waals surface area (Å²) in [6.07, 6.45) is 0.444. The first-order valence-electron chi connectivity index (χ1n) is 7.44. The third-order valence-electron chi connectivity index (χ3n) is 3.42. The van der Waals surface area contributed by atoms with E-state index in [1.54, 1.807) is 6.07 Å². The molecular formula is C17H18N2O6. The fraction of sp³-hybridized carbons (Fsp3) is 0.176. The van der Waals surface area contributed by atoms with Crippen LogP contribution in [0.1, 0.15) is 15.9 Å². The number of hydrogen-bond donors (Lipinski definition) is 6. The molecule has 0 fully saturated rings. The Morgan fingerprint density at radius 1 is 0.800 bits per heavy atom. The molecule has 2 rings (SSSR count). The number of aromatic hydroxyl groups is 4. The number of carbonyl (C=O) groups excluding carboxylic acids is 2. The van der Waals surface area contributed by atoms with Crippen LogP contribution in [0.25, 0.3) is 0 Å². The standard InChI is InChI=1S/C17H18N2O6/c20-12-3-1-10(7-14(12)22)5-6-18-16(24)9-19-17(25)11-2-4-13(21)15(23)8-11/h1-4,7-8,20-23H,5-6,9H2,(H,18,24)(H,19,25). The van der Waals surface area contributed by atoms with Crippen molar-refractivity contribution in [3.63, 3.8) is 0 Å². The van der Waals surface area contributed by atoms with Crippen molar-refractivity contribution < 1.29 is 30.0 Å². The lowest BCUT2D eigenvalue weighted by atomic mass is 10.1. The molecule has 2 amide bonds. The molecule has 0 radical (unpaired) electrons. The van der Waals surface area contributed by atoms with Gasteiger partial charge in [0.2, 0.25) is 5.91 Å². The zero-order valence-corrected chi connectivity index (χ0v) is 13.2. The molecule has 0 atom stereocenters. The maximum absolute atomic E-state index is 11.8. The molecule has 0 unspecified atom stereocenters. The minimum Gasteiger partial charge on any atom is -0.504 e. The highest BCUT2D eigenvalue weighted by molar-refractivity contribution is 5.97. The number of carbonyl (C=O) groups is 2. The van der Waals surface area contributed by atoms with E-state index in [1.165, 1.54) is 24.3 Å². The average Bonchev–Trinajstić information content (AvgIpc) is 2.58. The fourth-order valence-electron chi connectivity index (χ4n) is 2.06. The molecule has 0 bridgehead atoms. The maximum atomic E-state index is 11.8. The average molecular weight is 346 g/mol. The summed E-state index contributed by atoms with van der Waals surface area (Å²) in [5.74, 6) is -2.17. The highest BCUT2D eigenvalue weighted by Crippen LogP contribution is 2.25. The molecule has 25 heavy (non-hydrogen) atoms. The minimum absolute atomic E-state index is 0.114. The highest BCUT2D eigenvalue weighted by atomic mass is 16.3. The Kier molecular flexibility index (Phi) is 5.67. The molecule has 0 saturated heterocycles. The molecule has 0 aliphatic carbocycles. The summed E-state index contributed by atoms with van der Waals surface area (Å²) in [7, 11) is 0. The van der Waals surface area contributed by atoms with Crippen molar-refractivity contribution in [2.75, 3.05) is 13.1 Å². The molecule has 8 nitrogen and oxygen atoms in total. The number of benzene rings is 2. The summed E-state index contributed by atoms with van der Waals surface area (Å²) in [6.45, 7) is 0.0419. The second-order valence-corrected chi connectivity index (χ2v) is 5.31. The number of amides is 2. The first-order valence-corrected chi connectivity index (χ1v) is 7.44. The second kappa shape index (κ2) is 7.91. The number of phenols is 4. The zero-order chi connectivity index (χ0) is 18.4. The van der Waals surface area contributed by atoms with Crippen LogP contribution in [0, 0.1) is 0 Å². The van der Waals surface area contributed by atoms with Gasteiger partial charge in [-0.25, -0.2) is 0 Å². The van der Waals surface area contributed by atoms with E-state index in [2.05, 4.69) is 10.6 Å². The first-order chi connectivity index (χ1) is 11.9. The smallest absolute Gasteiger partial charge is 0.251 e. The van der Waals surface area contributed by atoms with E-state index in [1.807, 2.05) is 0 Å². The summed E-state index contributed by atoms with van der Waals surface area (Å²) in [6, 6.07) is 7.98. The third kappa shape index (κ3) is 5.03. The van der Waals surface area contributed by atoms with Crippen LogP contribution in [0.4, 0.5) is 0 Å². The van der Waals surface area contributed by atoms with E-state index in [9.17, 15) is 30.0 Å². The van der Waals surface area contributed by atoms with Crippen molar-refractivity contribution in [3.05, 3.63) is 47.5 Å². The number of phenolic OH excluding ortho intramolecular Hbond substituents is 4. The molecule has 2 aromatic rings. The molecule has 0 aromatic heterocycles. The second-order valence-electron chi connectivity index (χ2n) is 5.31. The first kappa shape index (κ1) is 17.9. The SMILES string of the molecule is O=C(CNC(=O)c1ccc(O)c(O)c1)NCCc1ccc(O)c(O)c1. The molecule has 0 spiro atoms. The molecule has 6 N–H and O–H groups in total. The molecule has 0 aliphatic heterocycles. The Morgan fingerprint density at radius 3 is 2.08 bits per heavy atom. The Bertz CT molecular complexity index is 791. The van der Waals surface area contributed by atoms with E-state index in [-0.39, 0.29) is 29.4 Å². The van der Waals surface area contributed by atoms with Crippen molar-refractivity contribution in [2.24, 2.45) is 0 Å². The lowest BCUT2D eigenvalue weighted by molar-refractivity contribution is -0.120. The molecule has 132 valence electrons. The fourth-order valence-corrected chi connectivity index (χ4v) is 2.06. The molecule has 8 heteroatoms. The molecular weight excluding hydrogens is 328 g/mol. The summed E-state index contributed by atoms with van der Waals surface area (Å²) < 4.78 is 0. The molecule has 0 heterocycles. The summed E-state index contributed by atoms with van der Waals surface area (Å²) in [5, 5.41) is 42.1. The van der Waals surface area contributed by atoms with Gasteiger partial charge in [-0.15, -0.1) is 0 Å². The third-order valence-corrected chi connectivity index (χ3v) is 3.42. The van der Waals surface area contributed by atoms with Gasteiger partial charge in [-0.3, -0.25) is 9.59 Å². The summed E-state index contributed by atoms with van der Waals surface area (Å²) in [4.78, 5) is 23.5. The quantitative estimate of drug-likeness (QED) is 0.423. The van der Waals surface area contributed by atoms with Crippen LogP contribution in [0.2, 0.25) is 0 Å². The van der Waals surface area contributed by atoms with Crippen LogP contribution < -0.4 is 10.6 Å². The Morgan fingerprint density at radius 2 is 1.44 bits per heavy atom. The molecule has 0 aliphatic rings. The van der Waals surface area contributed by atoms with Crippen molar-refractivity contribution in [2.45, 2.75) is 6.42 Å². The largest absolute Gasteiger partial charge is 0.504 e. The highest BCUT2D eigenvalue weighted by Gasteiger charge is 2.10. The Hall–Kier alpha value is -3.42. The topological polar surface area (TPSA) is 139 Å². The van der Waals surface area contributed by atoms with E-state index >= 15 is 0 Å². The van der Waals surface area contributed by atoms with Crippen molar-refractivity contribution in [1.29, 1.82) is 0 Å². The maximum Gasteiger partial charge on any atom is 0.251 e. The van der Waals surface area contributed by atoms with Gasteiger partial charge in [0.05, 0.1) is 6.54 Å². The van der Waals surface area contributed by atoms with E-state index in [0.29, 0.717) is 13.0 Å². The van der Waals surface area contributed by atoms with Gasteiger partial charge in [0.25, 0.3) is 5.91 Å². The summed E-state index contributed by atoms with van der Waals surface area (Å²) >= 11 is 0. The van der Waals surface area contributed by atoms with Gasteiger partial charge in [-0.1, -0.05) is 6.07 Å². The van der Waals surface area contributed by atoms with Crippen molar-refractivity contribution in [1.82, 2.24) is 10.6 Å². The lowest BCUT2D eigenvalue weighted by Gasteiger charge is -2.08.